The van der Waals surface area contributed by atoms with Crippen molar-refractivity contribution < 1.29 is 9.47 Å². The molecule has 0 radical (unpaired) electrons. The molecule has 1 aromatic carbocycles. The number of nitrogens with zero attached hydrogens (tertiary/aromatic N) is 1. The summed E-state index contributed by atoms with van der Waals surface area (Å²) in [5, 5.41) is 0. The quantitative estimate of drug-likeness (QED) is 0.515. The van der Waals surface area contributed by atoms with Crippen LogP contribution >= 0.6 is 0 Å². The van der Waals surface area contributed by atoms with Crippen LogP contribution in [0.4, 0.5) is 0 Å². The van der Waals surface area contributed by atoms with Crippen molar-refractivity contribution in [2.24, 2.45) is 23.5 Å². The minimum absolute atomic E-state index is 0.354. The molecule has 174 valence electrons. The van der Waals surface area contributed by atoms with Gasteiger partial charge in [-0.1, -0.05) is 32.8 Å². The van der Waals surface area contributed by atoms with Gasteiger partial charge in [0.2, 0.25) is 6.79 Å². The molecule has 0 amide bonds. The molecular formula is C27H44N2O2. The van der Waals surface area contributed by atoms with Crippen molar-refractivity contribution in [2.75, 3.05) is 13.3 Å². The van der Waals surface area contributed by atoms with Crippen LogP contribution in [0.15, 0.2) is 18.2 Å². The van der Waals surface area contributed by atoms with Crippen LogP contribution in [0.25, 0.3) is 0 Å². The van der Waals surface area contributed by atoms with Crippen LogP contribution in [0.1, 0.15) is 90.0 Å². The average molecular weight is 429 g/mol. The van der Waals surface area contributed by atoms with Crippen molar-refractivity contribution in [3.05, 3.63) is 23.8 Å². The Morgan fingerprint density at radius 1 is 0.903 bits per heavy atom. The number of hydrogen-bond donors (Lipinski definition) is 1. The van der Waals surface area contributed by atoms with E-state index < -0.39 is 0 Å². The zero-order valence-corrected chi connectivity index (χ0v) is 19.9. The fraction of sp³-hybridized carbons (Fsp3) is 0.778. The van der Waals surface area contributed by atoms with E-state index in [0.717, 1.165) is 41.8 Å². The Hall–Kier alpha value is -1.26. The van der Waals surface area contributed by atoms with Gasteiger partial charge in [-0.3, -0.25) is 4.90 Å². The Labute approximate surface area is 189 Å². The highest BCUT2D eigenvalue weighted by molar-refractivity contribution is 5.44. The van der Waals surface area contributed by atoms with Gasteiger partial charge in [-0.15, -0.1) is 0 Å². The van der Waals surface area contributed by atoms with Gasteiger partial charge in [0, 0.05) is 25.2 Å². The first-order chi connectivity index (χ1) is 15.1. The van der Waals surface area contributed by atoms with Crippen LogP contribution in [-0.4, -0.2) is 30.3 Å². The smallest absolute Gasteiger partial charge is 0.231 e. The molecule has 4 rings (SSSR count). The van der Waals surface area contributed by atoms with Gasteiger partial charge in [-0.05, 0) is 93.2 Å². The Kier molecular flexibility index (Phi) is 8.17. The lowest BCUT2D eigenvalue weighted by atomic mass is 9.75. The molecule has 1 heterocycles. The summed E-state index contributed by atoms with van der Waals surface area (Å²) in [6.07, 6.45) is 14.8. The van der Waals surface area contributed by atoms with Crippen molar-refractivity contribution in [3.63, 3.8) is 0 Å². The summed E-state index contributed by atoms with van der Waals surface area (Å²) >= 11 is 0. The van der Waals surface area contributed by atoms with Crippen LogP contribution in [0, 0.1) is 17.8 Å². The average Bonchev–Trinajstić information content (AvgIpc) is 3.27. The first-order valence-corrected chi connectivity index (χ1v) is 13.0. The van der Waals surface area contributed by atoms with Crippen molar-refractivity contribution >= 4 is 0 Å². The standard InChI is InChI=1S/C27H44N2O2/c1-3-20(4-2)17-29(18-23-9-14-26-27(16-23)31-19-30-26)25-12-7-22(8-13-25)15-21-5-10-24(28)11-6-21/h9,14,16,20-22,24-25H,3-8,10-13,15,17-19,28H2,1-2H3. The Bertz CT molecular complexity index is 674. The number of nitrogens with two attached hydrogens (primary N) is 1. The molecule has 0 aromatic heterocycles. The van der Waals surface area contributed by atoms with Crippen LogP contribution in [-0.2, 0) is 6.54 Å². The van der Waals surface area contributed by atoms with E-state index in [1.807, 2.05) is 0 Å². The summed E-state index contributed by atoms with van der Waals surface area (Å²) in [6, 6.07) is 7.71. The van der Waals surface area contributed by atoms with E-state index >= 15 is 0 Å². The van der Waals surface area contributed by atoms with Crippen LogP contribution in [0.3, 0.4) is 0 Å². The molecule has 0 unspecified atom stereocenters. The number of benzene rings is 1. The molecule has 0 atom stereocenters. The van der Waals surface area contributed by atoms with Gasteiger partial charge in [-0.2, -0.15) is 0 Å². The number of rotatable bonds is 9. The first-order valence-electron chi connectivity index (χ1n) is 13.0. The summed E-state index contributed by atoms with van der Waals surface area (Å²) in [5.74, 6) is 4.47. The Morgan fingerprint density at radius 3 is 2.23 bits per heavy atom. The van der Waals surface area contributed by atoms with E-state index in [-0.39, 0.29) is 0 Å². The summed E-state index contributed by atoms with van der Waals surface area (Å²) in [7, 11) is 0. The van der Waals surface area contributed by atoms with Crippen molar-refractivity contribution in [2.45, 2.75) is 103 Å². The third-order valence-corrected chi connectivity index (χ3v) is 8.36. The van der Waals surface area contributed by atoms with Crippen molar-refractivity contribution in [1.82, 2.24) is 4.90 Å². The summed E-state index contributed by atoms with van der Waals surface area (Å²) in [4.78, 5) is 2.80. The predicted molar refractivity (Wildman–Crippen MR) is 127 cm³/mol. The third kappa shape index (κ3) is 6.16. The van der Waals surface area contributed by atoms with Crippen molar-refractivity contribution in [1.29, 1.82) is 0 Å². The Balaban J connectivity index is 1.34. The van der Waals surface area contributed by atoms with E-state index in [1.165, 1.54) is 82.7 Å². The van der Waals surface area contributed by atoms with Gasteiger partial charge in [0.15, 0.2) is 11.5 Å². The molecule has 2 aliphatic carbocycles. The highest BCUT2D eigenvalue weighted by Crippen LogP contribution is 2.38. The molecule has 2 saturated carbocycles. The number of fused-ring (bicyclic) bond motifs is 1. The molecule has 31 heavy (non-hydrogen) atoms. The minimum atomic E-state index is 0.354. The molecule has 2 fully saturated rings. The second-order valence-electron chi connectivity index (χ2n) is 10.5. The first kappa shape index (κ1) is 22.9. The van der Waals surface area contributed by atoms with Crippen LogP contribution in [0.5, 0.6) is 11.5 Å². The lowest BCUT2D eigenvalue weighted by Gasteiger charge is -2.40. The largest absolute Gasteiger partial charge is 0.454 e. The molecular weight excluding hydrogens is 384 g/mol. The van der Waals surface area contributed by atoms with Gasteiger partial charge < -0.3 is 15.2 Å². The highest BCUT2D eigenvalue weighted by atomic mass is 16.7. The minimum Gasteiger partial charge on any atom is -0.454 e. The van der Waals surface area contributed by atoms with Gasteiger partial charge in [-0.25, -0.2) is 0 Å². The van der Waals surface area contributed by atoms with E-state index in [1.54, 1.807) is 0 Å². The van der Waals surface area contributed by atoms with E-state index in [9.17, 15) is 0 Å². The second kappa shape index (κ2) is 11.0. The molecule has 2 N–H and O–H groups in total. The maximum absolute atomic E-state index is 6.12. The lowest BCUT2D eigenvalue weighted by Crippen LogP contribution is -2.40. The zero-order chi connectivity index (χ0) is 21.6. The SMILES string of the molecule is CCC(CC)CN(Cc1ccc2c(c1)OCO2)C1CCC(CC2CCC(N)CC2)CC1. The fourth-order valence-electron chi connectivity index (χ4n) is 6.14. The van der Waals surface area contributed by atoms with Gasteiger partial charge in [0.1, 0.15) is 0 Å². The summed E-state index contributed by atoms with van der Waals surface area (Å²) in [6.45, 7) is 7.30. The monoisotopic (exact) mass is 428 g/mol. The predicted octanol–water partition coefficient (Wildman–Crippen LogP) is 6.12. The molecule has 0 spiro atoms. The molecule has 3 aliphatic rings. The lowest BCUT2D eigenvalue weighted by molar-refractivity contribution is 0.0993. The van der Waals surface area contributed by atoms with E-state index in [2.05, 4.69) is 36.9 Å². The zero-order valence-electron chi connectivity index (χ0n) is 19.9. The van der Waals surface area contributed by atoms with Gasteiger partial charge in [0.05, 0.1) is 0 Å². The van der Waals surface area contributed by atoms with Crippen LogP contribution in [0.2, 0.25) is 0 Å². The van der Waals surface area contributed by atoms with Gasteiger partial charge >= 0.3 is 0 Å². The summed E-state index contributed by atoms with van der Waals surface area (Å²) < 4.78 is 11.1. The summed E-state index contributed by atoms with van der Waals surface area (Å²) in [5.41, 5.74) is 7.47. The number of hydrogen-bond acceptors (Lipinski definition) is 4. The van der Waals surface area contributed by atoms with Crippen LogP contribution < -0.4 is 15.2 Å². The van der Waals surface area contributed by atoms with E-state index in [0.29, 0.717) is 12.8 Å². The topological polar surface area (TPSA) is 47.7 Å². The molecule has 0 saturated heterocycles. The maximum Gasteiger partial charge on any atom is 0.231 e. The maximum atomic E-state index is 6.12. The molecule has 4 heteroatoms. The second-order valence-corrected chi connectivity index (χ2v) is 10.5. The number of ether oxygens (including phenoxy) is 2. The fourth-order valence-corrected chi connectivity index (χ4v) is 6.14. The van der Waals surface area contributed by atoms with Crippen molar-refractivity contribution in [3.8, 4) is 11.5 Å². The normalized spacial score (nSPS) is 28.4. The molecule has 1 aliphatic heterocycles. The highest BCUT2D eigenvalue weighted by Gasteiger charge is 2.29. The van der Waals surface area contributed by atoms with Gasteiger partial charge in [0.25, 0.3) is 0 Å². The third-order valence-electron chi connectivity index (χ3n) is 8.36. The molecule has 4 nitrogen and oxygen atoms in total. The van der Waals surface area contributed by atoms with E-state index in [4.69, 9.17) is 15.2 Å². The molecule has 1 aromatic rings. The Morgan fingerprint density at radius 2 is 1.55 bits per heavy atom. The molecule has 0 bridgehead atoms.